The van der Waals surface area contributed by atoms with Crippen molar-refractivity contribution in [2.75, 3.05) is 13.6 Å². The van der Waals surface area contributed by atoms with Gasteiger partial charge in [0.2, 0.25) is 0 Å². The number of rotatable bonds is 5. The molecule has 0 heterocycles. The van der Waals surface area contributed by atoms with Gasteiger partial charge in [0.05, 0.1) is 12.2 Å². The zero-order valence-corrected chi connectivity index (χ0v) is 11.7. The maximum Gasteiger partial charge on any atom is 0.252 e. The third-order valence-corrected chi connectivity index (χ3v) is 3.58. The minimum absolute atomic E-state index is 0.0720. The number of hydrogen-bond donors (Lipinski definition) is 0. The molecule has 0 bridgehead atoms. The van der Waals surface area contributed by atoms with E-state index < -0.39 is 6.10 Å². The Kier molecular flexibility index (Phi) is 6.14. The fraction of sp³-hybridized carbons (Fsp3) is 0.857. The van der Waals surface area contributed by atoms with Gasteiger partial charge in [-0.05, 0) is 25.2 Å². The fourth-order valence-corrected chi connectivity index (χ4v) is 2.49. The molecule has 1 aliphatic rings. The number of carbonyl (C=O) groups is 1. The SMILES string of the molecule is CC[C@H](O[C@@H]1CCC[C@@H](C)C1)C(=O)N(C)CC#N. The molecule has 0 unspecified atom stereocenters. The number of ether oxygens (including phenoxy) is 1. The van der Waals surface area contributed by atoms with Crippen molar-refractivity contribution in [2.24, 2.45) is 5.92 Å². The molecule has 3 atom stereocenters. The molecule has 1 saturated carbocycles. The third kappa shape index (κ3) is 4.30. The van der Waals surface area contributed by atoms with Gasteiger partial charge in [-0.3, -0.25) is 4.79 Å². The van der Waals surface area contributed by atoms with Crippen LogP contribution in [0.5, 0.6) is 0 Å². The minimum atomic E-state index is -0.390. The van der Waals surface area contributed by atoms with Crippen LogP contribution in [0.2, 0.25) is 0 Å². The Bertz CT molecular complexity index is 311. The highest BCUT2D eigenvalue weighted by molar-refractivity contribution is 5.80. The molecular formula is C14H24N2O2. The largest absolute Gasteiger partial charge is 0.365 e. The average molecular weight is 252 g/mol. The molecule has 4 nitrogen and oxygen atoms in total. The normalized spacial score (nSPS) is 25.2. The summed E-state index contributed by atoms with van der Waals surface area (Å²) in [5, 5.41) is 8.61. The van der Waals surface area contributed by atoms with E-state index in [1.807, 2.05) is 13.0 Å². The van der Waals surface area contributed by atoms with Crippen LogP contribution in [0.3, 0.4) is 0 Å². The molecule has 0 aromatic carbocycles. The number of nitrogens with zero attached hydrogens (tertiary/aromatic N) is 2. The van der Waals surface area contributed by atoms with Crippen molar-refractivity contribution in [3.8, 4) is 6.07 Å². The first kappa shape index (κ1) is 15.0. The van der Waals surface area contributed by atoms with E-state index in [9.17, 15) is 4.79 Å². The van der Waals surface area contributed by atoms with Gasteiger partial charge in [-0.15, -0.1) is 0 Å². The molecule has 102 valence electrons. The zero-order chi connectivity index (χ0) is 13.5. The van der Waals surface area contributed by atoms with Crippen LogP contribution in [0, 0.1) is 17.2 Å². The van der Waals surface area contributed by atoms with Crippen molar-refractivity contribution in [1.29, 1.82) is 5.26 Å². The third-order valence-electron chi connectivity index (χ3n) is 3.58. The summed E-state index contributed by atoms with van der Waals surface area (Å²) in [7, 11) is 1.65. The van der Waals surface area contributed by atoms with Gasteiger partial charge in [-0.25, -0.2) is 0 Å². The summed E-state index contributed by atoms with van der Waals surface area (Å²) in [6.45, 7) is 4.31. The highest BCUT2D eigenvalue weighted by atomic mass is 16.5. The summed E-state index contributed by atoms with van der Waals surface area (Å²) >= 11 is 0. The van der Waals surface area contributed by atoms with Crippen LogP contribution in [0.25, 0.3) is 0 Å². The molecular weight excluding hydrogens is 228 g/mol. The summed E-state index contributed by atoms with van der Waals surface area (Å²) in [6.07, 6.45) is 5.03. The molecule has 0 saturated heterocycles. The fourth-order valence-electron chi connectivity index (χ4n) is 2.49. The Hall–Kier alpha value is -1.08. The Morgan fingerprint density at radius 1 is 1.56 bits per heavy atom. The van der Waals surface area contributed by atoms with E-state index in [0.29, 0.717) is 12.3 Å². The van der Waals surface area contributed by atoms with Crippen LogP contribution in [0.4, 0.5) is 0 Å². The monoisotopic (exact) mass is 252 g/mol. The molecule has 4 heteroatoms. The predicted molar refractivity (Wildman–Crippen MR) is 69.8 cm³/mol. The first-order valence-corrected chi connectivity index (χ1v) is 6.85. The summed E-state index contributed by atoms with van der Waals surface area (Å²) in [6, 6.07) is 1.99. The lowest BCUT2D eigenvalue weighted by Crippen LogP contribution is -2.40. The molecule has 18 heavy (non-hydrogen) atoms. The molecule has 0 aromatic heterocycles. The number of likely N-dealkylation sites (N-methyl/N-ethyl adjacent to an activating group) is 1. The summed E-state index contributed by atoms with van der Waals surface area (Å²) in [4.78, 5) is 13.5. The van der Waals surface area contributed by atoms with Crippen molar-refractivity contribution < 1.29 is 9.53 Å². The maximum atomic E-state index is 12.1. The van der Waals surface area contributed by atoms with Gasteiger partial charge in [0.25, 0.3) is 5.91 Å². The van der Waals surface area contributed by atoms with Crippen LogP contribution in [0.15, 0.2) is 0 Å². The Morgan fingerprint density at radius 2 is 2.28 bits per heavy atom. The first-order valence-electron chi connectivity index (χ1n) is 6.85. The molecule has 1 amide bonds. The van der Waals surface area contributed by atoms with Gasteiger partial charge in [0.15, 0.2) is 0 Å². The number of nitriles is 1. The Labute approximate surface area is 110 Å². The second kappa shape index (κ2) is 7.38. The predicted octanol–water partition coefficient (Wildman–Crippen LogP) is 2.34. The second-order valence-corrected chi connectivity index (χ2v) is 5.28. The quantitative estimate of drug-likeness (QED) is 0.706. The summed E-state index contributed by atoms with van der Waals surface area (Å²) in [5.74, 6) is 0.616. The van der Waals surface area contributed by atoms with Gasteiger partial charge < -0.3 is 9.64 Å². The van der Waals surface area contributed by atoms with Crippen molar-refractivity contribution >= 4 is 5.91 Å². The highest BCUT2D eigenvalue weighted by Gasteiger charge is 2.27. The minimum Gasteiger partial charge on any atom is -0.365 e. The van der Waals surface area contributed by atoms with Crippen LogP contribution in [0.1, 0.15) is 46.0 Å². The van der Waals surface area contributed by atoms with E-state index in [-0.39, 0.29) is 18.6 Å². The summed E-state index contributed by atoms with van der Waals surface area (Å²) < 4.78 is 5.94. The van der Waals surface area contributed by atoms with Gasteiger partial charge >= 0.3 is 0 Å². The first-order chi connectivity index (χ1) is 8.58. The molecule has 0 radical (unpaired) electrons. The van der Waals surface area contributed by atoms with E-state index in [1.165, 1.54) is 17.7 Å². The lowest BCUT2D eigenvalue weighted by Gasteiger charge is -2.31. The molecule has 0 aromatic rings. The number of amides is 1. The Morgan fingerprint density at radius 3 is 2.83 bits per heavy atom. The molecule has 0 spiro atoms. The molecule has 1 fully saturated rings. The van der Waals surface area contributed by atoms with Crippen molar-refractivity contribution in [2.45, 2.75) is 58.2 Å². The number of hydrogen-bond acceptors (Lipinski definition) is 3. The van der Waals surface area contributed by atoms with Gasteiger partial charge in [-0.1, -0.05) is 26.7 Å². The van der Waals surface area contributed by atoms with Crippen LogP contribution >= 0.6 is 0 Å². The summed E-state index contributed by atoms with van der Waals surface area (Å²) in [5.41, 5.74) is 0. The van der Waals surface area contributed by atoms with Crippen molar-refractivity contribution in [3.05, 3.63) is 0 Å². The van der Waals surface area contributed by atoms with E-state index in [1.54, 1.807) is 7.05 Å². The van der Waals surface area contributed by atoms with E-state index in [0.717, 1.165) is 12.8 Å². The highest BCUT2D eigenvalue weighted by Crippen LogP contribution is 2.27. The lowest BCUT2D eigenvalue weighted by atomic mass is 9.88. The topological polar surface area (TPSA) is 53.3 Å². The average Bonchev–Trinajstić information content (AvgIpc) is 2.35. The molecule has 0 aliphatic heterocycles. The van der Waals surface area contributed by atoms with E-state index >= 15 is 0 Å². The van der Waals surface area contributed by atoms with E-state index in [4.69, 9.17) is 10.00 Å². The van der Waals surface area contributed by atoms with E-state index in [2.05, 4.69) is 6.92 Å². The molecule has 0 N–H and O–H groups in total. The smallest absolute Gasteiger partial charge is 0.252 e. The zero-order valence-electron chi connectivity index (χ0n) is 11.7. The number of carbonyl (C=O) groups excluding carboxylic acids is 1. The van der Waals surface area contributed by atoms with Crippen molar-refractivity contribution in [1.82, 2.24) is 4.90 Å². The molecule has 1 aliphatic carbocycles. The van der Waals surface area contributed by atoms with Crippen LogP contribution in [-0.2, 0) is 9.53 Å². The van der Waals surface area contributed by atoms with Gasteiger partial charge in [-0.2, -0.15) is 5.26 Å². The van der Waals surface area contributed by atoms with Gasteiger partial charge in [0.1, 0.15) is 12.6 Å². The van der Waals surface area contributed by atoms with Crippen molar-refractivity contribution in [3.63, 3.8) is 0 Å². The van der Waals surface area contributed by atoms with Crippen LogP contribution < -0.4 is 0 Å². The van der Waals surface area contributed by atoms with Crippen LogP contribution in [-0.4, -0.2) is 36.6 Å². The van der Waals surface area contributed by atoms with Gasteiger partial charge in [0, 0.05) is 7.05 Å². The molecule has 1 rings (SSSR count). The standard InChI is InChI=1S/C14H24N2O2/c1-4-13(14(17)16(3)9-8-15)18-12-7-5-6-11(2)10-12/h11-13H,4-7,9-10H2,1-3H3/t11-,12-,13+/m1/s1. The lowest BCUT2D eigenvalue weighted by molar-refractivity contribution is -0.147. The Balaban J connectivity index is 2.50. The second-order valence-electron chi connectivity index (χ2n) is 5.28. The maximum absolute atomic E-state index is 12.1.